The fraction of sp³-hybridized carbons (Fsp3) is 0.222. The maximum Gasteiger partial charge on any atom is 0.0995 e. The second kappa shape index (κ2) is 5.55. The third kappa shape index (κ3) is 2.71. The van der Waals surface area contributed by atoms with Gasteiger partial charge in [-0.25, -0.2) is 0 Å². The van der Waals surface area contributed by atoms with Crippen molar-refractivity contribution in [3.63, 3.8) is 0 Å². The Hall–Kier alpha value is -1.08. The van der Waals surface area contributed by atoms with Gasteiger partial charge in [0.15, 0.2) is 0 Å². The van der Waals surface area contributed by atoms with E-state index in [1.807, 2.05) is 6.07 Å². The van der Waals surface area contributed by atoms with Crippen LogP contribution in [-0.4, -0.2) is 11.7 Å². The predicted octanol–water partition coefficient (Wildman–Crippen LogP) is 0.972. The lowest BCUT2D eigenvalue weighted by Gasteiger charge is -2.09. The first-order chi connectivity index (χ1) is 5.79. The summed E-state index contributed by atoms with van der Waals surface area (Å²) in [5.74, 6) is 0. The van der Waals surface area contributed by atoms with Crippen molar-refractivity contribution in [3.05, 3.63) is 35.4 Å². The van der Waals surface area contributed by atoms with Gasteiger partial charge in [-0.3, -0.25) is 0 Å². The first-order valence-corrected chi connectivity index (χ1v) is 3.65. The molecule has 1 aromatic carbocycles. The van der Waals surface area contributed by atoms with Crippen molar-refractivity contribution in [1.29, 1.82) is 5.26 Å². The summed E-state index contributed by atoms with van der Waals surface area (Å²) in [5, 5.41) is 17.4. The van der Waals surface area contributed by atoms with Crippen molar-refractivity contribution >= 4 is 12.4 Å². The first kappa shape index (κ1) is 11.9. The van der Waals surface area contributed by atoms with Crippen molar-refractivity contribution in [3.8, 4) is 6.07 Å². The lowest BCUT2D eigenvalue weighted by molar-refractivity contribution is 0.268. The van der Waals surface area contributed by atoms with Crippen molar-refractivity contribution < 1.29 is 5.11 Å². The summed E-state index contributed by atoms with van der Waals surface area (Å²) in [6, 6.07) is 8.56. The van der Waals surface area contributed by atoms with Crippen LogP contribution in [0.25, 0.3) is 0 Å². The molecule has 0 radical (unpaired) electrons. The van der Waals surface area contributed by atoms with Crippen LogP contribution in [0.15, 0.2) is 24.3 Å². The molecule has 3 N–H and O–H groups in total. The van der Waals surface area contributed by atoms with Gasteiger partial charge in [-0.05, 0) is 11.6 Å². The average Bonchev–Trinajstić information content (AvgIpc) is 2.16. The van der Waals surface area contributed by atoms with E-state index in [4.69, 9.17) is 16.1 Å². The summed E-state index contributed by atoms with van der Waals surface area (Å²) in [7, 11) is 0. The highest BCUT2D eigenvalue weighted by molar-refractivity contribution is 5.85. The van der Waals surface area contributed by atoms with Gasteiger partial charge in [-0.2, -0.15) is 5.26 Å². The Balaban J connectivity index is 0.00000144. The Morgan fingerprint density at radius 3 is 2.62 bits per heavy atom. The quantitative estimate of drug-likeness (QED) is 0.744. The Morgan fingerprint density at radius 1 is 1.46 bits per heavy atom. The number of halogens is 1. The van der Waals surface area contributed by atoms with Gasteiger partial charge in [0, 0.05) is 0 Å². The van der Waals surface area contributed by atoms with E-state index in [1.165, 1.54) is 0 Å². The molecule has 0 amide bonds. The first-order valence-electron chi connectivity index (χ1n) is 3.65. The SMILES string of the molecule is Cl.N#Cc1ccccc1[C@H](N)CO. The van der Waals surface area contributed by atoms with Crippen LogP contribution >= 0.6 is 12.4 Å². The van der Waals surface area contributed by atoms with Crippen LogP contribution in [0.4, 0.5) is 0 Å². The number of nitrogens with two attached hydrogens (primary N) is 1. The number of hydrogen-bond donors (Lipinski definition) is 2. The fourth-order valence-corrected chi connectivity index (χ4v) is 1.02. The lowest BCUT2D eigenvalue weighted by Crippen LogP contribution is -2.15. The van der Waals surface area contributed by atoms with E-state index in [9.17, 15) is 0 Å². The molecule has 0 aromatic heterocycles. The normalized spacial score (nSPS) is 11.2. The van der Waals surface area contributed by atoms with Crippen LogP contribution in [0.5, 0.6) is 0 Å². The van der Waals surface area contributed by atoms with Crippen LogP contribution < -0.4 is 5.73 Å². The van der Waals surface area contributed by atoms with Crippen LogP contribution in [0.3, 0.4) is 0 Å². The third-order valence-electron chi connectivity index (χ3n) is 1.68. The molecule has 13 heavy (non-hydrogen) atoms. The second-order valence-corrected chi connectivity index (χ2v) is 2.49. The zero-order valence-corrected chi connectivity index (χ0v) is 7.79. The number of hydrogen-bond acceptors (Lipinski definition) is 3. The molecule has 1 rings (SSSR count). The number of aliphatic hydroxyl groups excluding tert-OH is 1. The van der Waals surface area contributed by atoms with Crippen molar-refractivity contribution in [2.24, 2.45) is 5.73 Å². The standard InChI is InChI=1S/C9H10N2O.ClH/c10-5-7-3-1-2-4-8(7)9(11)6-12;/h1-4,9,12H,6,11H2;1H/t9-;/m1./s1. The van der Waals surface area contributed by atoms with Gasteiger partial charge >= 0.3 is 0 Å². The number of aliphatic hydroxyl groups is 1. The Bertz CT molecular complexity index is 309. The Morgan fingerprint density at radius 2 is 2.08 bits per heavy atom. The van der Waals surface area contributed by atoms with E-state index in [1.54, 1.807) is 24.3 Å². The smallest absolute Gasteiger partial charge is 0.0995 e. The molecule has 70 valence electrons. The summed E-state index contributed by atoms with van der Waals surface area (Å²) >= 11 is 0. The largest absolute Gasteiger partial charge is 0.394 e. The molecular weight excluding hydrogens is 188 g/mol. The van der Waals surface area contributed by atoms with Crippen molar-refractivity contribution in [2.75, 3.05) is 6.61 Å². The molecule has 0 unspecified atom stereocenters. The van der Waals surface area contributed by atoms with Crippen LogP contribution in [0.2, 0.25) is 0 Å². The Kier molecular flexibility index (Phi) is 5.09. The van der Waals surface area contributed by atoms with Crippen LogP contribution in [0.1, 0.15) is 17.2 Å². The van der Waals surface area contributed by atoms with Gasteiger partial charge in [-0.1, -0.05) is 18.2 Å². The number of nitriles is 1. The molecule has 3 nitrogen and oxygen atoms in total. The molecule has 0 fully saturated rings. The minimum Gasteiger partial charge on any atom is -0.394 e. The molecule has 1 aromatic rings. The maximum absolute atomic E-state index is 8.77. The van der Waals surface area contributed by atoms with Crippen LogP contribution in [0, 0.1) is 11.3 Å². The monoisotopic (exact) mass is 198 g/mol. The minimum absolute atomic E-state index is 0. The highest BCUT2D eigenvalue weighted by atomic mass is 35.5. The number of benzene rings is 1. The topological polar surface area (TPSA) is 70.0 Å². The average molecular weight is 199 g/mol. The fourth-order valence-electron chi connectivity index (χ4n) is 1.02. The molecular formula is C9H11ClN2O. The molecule has 0 saturated carbocycles. The van der Waals surface area contributed by atoms with E-state index >= 15 is 0 Å². The summed E-state index contributed by atoms with van der Waals surface area (Å²) in [5.41, 5.74) is 6.79. The van der Waals surface area contributed by atoms with Gasteiger partial charge in [-0.15, -0.1) is 12.4 Å². The molecule has 0 saturated heterocycles. The highest BCUT2D eigenvalue weighted by Crippen LogP contribution is 2.14. The number of rotatable bonds is 2. The Labute approximate surface area is 83.2 Å². The molecule has 0 aliphatic carbocycles. The van der Waals surface area contributed by atoms with E-state index < -0.39 is 6.04 Å². The van der Waals surface area contributed by atoms with Gasteiger partial charge < -0.3 is 10.8 Å². The predicted molar refractivity (Wildman–Crippen MR) is 52.4 cm³/mol. The van der Waals surface area contributed by atoms with E-state index in [2.05, 4.69) is 0 Å². The van der Waals surface area contributed by atoms with Gasteiger partial charge in [0.05, 0.1) is 24.3 Å². The molecule has 0 spiro atoms. The van der Waals surface area contributed by atoms with E-state index in [-0.39, 0.29) is 19.0 Å². The second-order valence-electron chi connectivity index (χ2n) is 2.49. The highest BCUT2D eigenvalue weighted by Gasteiger charge is 2.07. The lowest BCUT2D eigenvalue weighted by atomic mass is 10.0. The van der Waals surface area contributed by atoms with Gasteiger partial charge in [0.25, 0.3) is 0 Å². The summed E-state index contributed by atoms with van der Waals surface area (Å²) in [6.07, 6.45) is 0. The summed E-state index contributed by atoms with van der Waals surface area (Å²) in [6.45, 7) is -0.140. The van der Waals surface area contributed by atoms with E-state index in [0.29, 0.717) is 11.1 Å². The van der Waals surface area contributed by atoms with Gasteiger partial charge in [0.1, 0.15) is 0 Å². The molecule has 4 heteroatoms. The summed E-state index contributed by atoms with van der Waals surface area (Å²) < 4.78 is 0. The molecule has 0 aliphatic rings. The molecule has 1 atom stereocenters. The van der Waals surface area contributed by atoms with Crippen LogP contribution in [-0.2, 0) is 0 Å². The van der Waals surface area contributed by atoms with Gasteiger partial charge in [0.2, 0.25) is 0 Å². The number of nitrogens with zero attached hydrogens (tertiary/aromatic N) is 1. The maximum atomic E-state index is 8.77. The molecule has 0 heterocycles. The third-order valence-corrected chi connectivity index (χ3v) is 1.68. The van der Waals surface area contributed by atoms with Crippen molar-refractivity contribution in [2.45, 2.75) is 6.04 Å². The minimum atomic E-state index is -0.458. The molecule has 0 bridgehead atoms. The zero-order chi connectivity index (χ0) is 8.97. The molecule has 0 aliphatic heterocycles. The van der Waals surface area contributed by atoms with Crippen molar-refractivity contribution in [1.82, 2.24) is 0 Å². The zero-order valence-electron chi connectivity index (χ0n) is 6.97. The summed E-state index contributed by atoms with van der Waals surface area (Å²) in [4.78, 5) is 0. The van der Waals surface area contributed by atoms with E-state index in [0.717, 1.165) is 0 Å².